The summed E-state index contributed by atoms with van der Waals surface area (Å²) in [5.41, 5.74) is 0. The van der Waals surface area contributed by atoms with Crippen molar-refractivity contribution in [3.05, 3.63) is 56.5 Å². The van der Waals surface area contributed by atoms with Crippen molar-refractivity contribution in [2.75, 3.05) is 5.08 Å². The maximum Gasteiger partial charge on any atom is 0.327 e. The van der Waals surface area contributed by atoms with Crippen molar-refractivity contribution in [1.29, 1.82) is 0 Å². The number of benzene rings is 2. The summed E-state index contributed by atoms with van der Waals surface area (Å²) in [5.74, 6) is -0.390. The van der Waals surface area contributed by atoms with Gasteiger partial charge in [0.15, 0.2) is 0 Å². The standard InChI is InChI=1S/C13H8Cl4O6S2/c14-10-3-1-8(5-12(10)16)22-24(18,19)7-25(20,21)23-9-2-4-11(15)13(17)6-9/h1-6H,7H2. The molecule has 6 nitrogen and oxygen atoms in total. The van der Waals surface area contributed by atoms with E-state index in [2.05, 4.69) is 8.37 Å². The Bertz CT molecular complexity index is 924. The maximum absolute atomic E-state index is 11.9. The second kappa shape index (κ2) is 7.77. The van der Waals surface area contributed by atoms with E-state index in [0.29, 0.717) is 0 Å². The Kier molecular flexibility index (Phi) is 6.35. The molecule has 0 aromatic heterocycles. The van der Waals surface area contributed by atoms with Gasteiger partial charge in [0.2, 0.25) is 5.08 Å². The van der Waals surface area contributed by atoms with Crippen LogP contribution in [0, 0.1) is 0 Å². The van der Waals surface area contributed by atoms with E-state index in [1.165, 1.54) is 24.3 Å². The summed E-state index contributed by atoms with van der Waals surface area (Å²) in [5, 5.41) is -0.974. The van der Waals surface area contributed by atoms with E-state index in [-0.39, 0.29) is 31.6 Å². The first-order chi connectivity index (χ1) is 11.5. The lowest BCUT2D eigenvalue weighted by Crippen LogP contribution is -2.24. The smallest absolute Gasteiger partial charge is 0.327 e. The van der Waals surface area contributed by atoms with Gasteiger partial charge in [0.25, 0.3) is 0 Å². The van der Waals surface area contributed by atoms with Crippen LogP contribution in [0.5, 0.6) is 11.5 Å². The fourth-order valence-corrected chi connectivity index (χ4v) is 4.74. The summed E-state index contributed by atoms with van der Waals surface area (Å²) >= 11 is 22.9. The Morgan fingerprint density at radius 2 is 1.00 bits per heavy atom. The molecular weight excluding hydrogens is 458 g/mol. The van der Waals surface area contributed by atoms with Gasteiger partial charge in [0.05, 0.1) is 20.1 Å². The van der Waals surface area contributed by atoms with Gasteiger partial charge in [0, 0.05) is 12.1 Å². The van der Waals surface area contributed by atoms with Gasteiger partial charge in [-0.05, 0) is 24.3 Å². The van der Waals surface area contributed by atoms with Crippen LogP contribution in [0.2, 0.25) is 20.1 Å². The molecule has 0 N–H and O–H groups in total. The predicted molar refractivity (Wildman–Crippen MR) is 96.9 cm³/mol. The van der Waals surface area contributed by atoms with Gasteiger partial charge in [-0.15, -0.1) is 0 Å². The summed E-state index contributed by atoms with van der Waals surface area (Å²) < 4.78 is 57.0. The van der Waals surface area contributed by atoms with Crippen LogP contribution in [0.25, 0.3) is 0 Å². The first kappa shape index (κ1) is 20.4. The summed E-state index contributed by atoms with van der Waals surface area (Å²) in [6.45, 7) is 0. The minimum atomic E-state index is -4.53. The monoisotopic (exact) mass is 464 g/mol. The summed E-state index contributed by atoms with van der Waals surface area (Å²) in [6, 6.07) is 7.31. The Morgan fingerprint density at radius 3 is 1.32 bits per heavy atom. The maximum atomic E-state index is 11.9. The highest BCUT2D eigenvalue weighted by Crippen LogP contribution is 2.29. The van der Waals surface area contributed by atoms with Crippen molar-refractivity contribution in [3.8, 4) is 11.5 Å². The molecule has 0 amide bonds. The molecule has 0 aliphatic rings. The average molecular weight is 466 g/mol. The Balaban J connectivity index is 2.14. The molecule has 0 saturated carbocycles. The Morgan fingerprint density at radius 1 is 0.640 bits per heavy atom. The fraction of sp³-hybridized carbons (Fsp3) is 0.0769. The molecule has 0 saturated heterocycles. The lowest BCUT2D eigenvalue weighted by molar-refractivity contribution is 0.475. The van der Waals surface area contributed by atoms with Crippen LogP contribution in [0.15, 0.2) is 36.4 Å². The van der Waals surface area contributed by atoms with Crippen LogP contribution < -0.4 is 8.37 Å². The third-order valence-corrected chi connectivity index (χ3v) is 7.20. The topological polar surface area (TPSA) is 86.7 Å². The largest absolute Gasteiger partial charge is 0.382 e. The predicted octanol–water partition coefficient (Wildman–Crippen LogP) is 4.38. The molecule has 0 heterocycles. The lowest BCUT2D eigenvalue weighted by Gasteiger charge is -2.10. The molecule has 2 aromatic carbocycles. The summed E-state index contributed by atoms with van der Waals surface area (Å²) in [6.07, 6.45) is 0. The molecule has 2 rings (SSSR count). The molecule has 136 valence electrons. The van der Waals surface area contributed by atoms with E-state index in [4.69, 9.17) is 46.4 Å². The van der Waals surface area contributed by atoms with E-state index in [1.807, 2.05) is 0 Å². The molecule has 0 aliphatic carbocycles. The van der Waals surface area contributed by atoms with Gasteiger partial charge < -0.3 is 8.37 Å². The van der Waals surface area contributed by atoms with E-state index >= 15 is 0 Å². The zero-order valence-corrected chi connectivity index (χ0v) is 16.6. The first-order valence-corrected chi connectivity index (χ1v) is 10.9. The second-order valence-electron chi connectivity index (χ2n) is 4.55. The van der Waals surface area contributed by atoms with Gasteiger partial charge in [-0.2, -0.15) is 16.8 Å². The highest BCUT2D eigenvalue weighted by molar-refractivity contribution is 8.04. The SMILES string of the molecule is O=S(=O)(CS(=O)(=O)Oc1ccc(Cl)c(Cl)c1)Oc1ccc(Cl)c(Cl)c1. The molecule has 0 atom stereocenters. The zero-order chi connectivity index (χ0) is 18.8. The Labute approximate surface area is 164 Å². The molecule has 0 unspecified atom stereocenters. The van der Waals surface area contributed by atoms with Gasteiger partial charge >= 0.3 is 20.2 Å². The minimum Gasteiger partial charge on any atom is -0.382 e. The van der Waals surface area contributed by atoms with E-state index < -0.39 is 25.3 Å². The van der Waals surface area contributed by atoms with Crippen LogP contribution in [0.3, 0.4) is 0 Å². The normalized spacial score (nSPS) is 12.0. The number of halogens is 4. The van der Waals surface area contributed by atoms with E-state index in [0.717, 1.165) is 12.1 Å². The molecule has 25 heavy (non-hydrogen) atoms. The molecule has 0 fully saturated rings. The van der Waals surface area contributed by atoms with Crippen LogP contribution in [0.4, 0.5) is 0 Å². The van der Waals surface area contributed by atoms with Crippen molar-refractivity contribution < 1.29 is 25.2 Å². The lowest BCUT2D eigenvalue weighted by atomic mass is 10.3. The molecule has 0 aliphatic heterocycles. The van der Waals surface area contributed by atoms with Crippen LogP contribution >= 0.6 is 46.4 Å². The van der Waals surface area contributed by atoms with Crippen molar-refractivity contribution in [2.24, 2.45) is 0 Å². The van der Waals surface area contributed by atoms with Crippen LogP contribution in [0.1, 0.15) is 0 Å². The van der Waals surface area contributed by atoms with Crippen molar-refractivity contribution in [2.45, 2.75) is 0 Å². The van der Waals surface area contributed by atoms with Gasteiger partial charge in [-0.1, -0.05) is 46.4 Å². The molecular formula is C13H8Cl4O6S2. The second-order valence-corrected chi connectivity index (χ2v) is 9.69. The van der Waals surface area contributed by atoms with Gasteiger partial charge in [-0.3, -0.25) is 0 Å². The highest BCUT2D eigenvalue weighted by atomic mass is 35.5. The molecule has 0 radical (unpaired) electrons. The third-order valence-electron chi connectivity index (χ3n) is 2.52. The highest BCUT2D eigenvalue weighted by Gasteiger charge is 2.26. The number of rotatable bonds is 6. The van der Waals surface area contributed by atoms with Crippen LogP contribution in [-0.4, -0.2) is 21.9 Å². The van der Waals surface area contributed by atoms with Gasteiger partial charge in [-0.25, -0.2) is 0 Å². The molecule has 2 aromatic rings. The van der Waals surface area contributed by atoms with E-state index in [1.54, 1.807) is 0 Å². The minimum absolute atomic E-state index is 0.0456. The van der Waals surface area contributed by atoms with Crippen LogP contribution in [-0.2, 0) is 20.2 Å². The van der Waals surface area contributed by atoms with E-state index in [9.17, 15) is 16.8 Å². The average Bonchev–Trinajstić information content (AvgIpc) is 2.45. The third kappa shape index (κ3) is 6.09. The fourth-order valence-electron chi connectivity index (χ4n) is 1.58. The zero-order valence-electron chi connectivity index (χ0n) is 11.9. The summed E-state index contributed by atoms with van der Waals surface area (Å²) in [4.78, 5) is 0. The summed E-state index contributed by atoms with van der Waals surface area (Å²) in [7, 11) is -9.07. The quantitative estimate of drug-likeness (QED) is 0.588. The molecule has 12 heteroatoms. The Hall–Kier alpha value is -0.900. The van der Waals surface area contributed by atoms with Crippen molar-refractivity contribution in [3.63, 3.8) is 0 Å². The van der Waals surface area contributed by atoms with Crippen molar-refractivity contribution in [1.82, 2.24) is 0 Å². The molecule has 0 bridgehead atoms. The van der Waals surface area contributed by atoms with Gasteiger partial charge in [0.1, 0.15) is 11.5 Å². The number of hydrogen-bond donors (Lipinski definition) is 0. The first-order valence-electron chi connectivity index (χ1n) is 6.22. The van der Waals surface area contributed by atoms with Crippen molar-refractivity contribution >= 4 is 66.6 Å². The number of hydrogen-bond acceptors (Lipinski definition) is 6. The molecule has 0 spiro atoms.